The van der Waals surface area contributed by atoms with Crippen molar-refractivity contribution in [3.63, 3.8) is 0 Å². The topological polar surface area (TPSA) is 106 Å². The van der Waals surface area contributed by atoms with Gasteiger partial charge in [0.15, 0.2) is 17.6 Å². The monoisotopic (exact) mass is 461 g/mol. The first-order valence-corrected chi connectivity index (χ1v) is 10.9. The highest BCUT2D eigenvalue weighted by Gasteiger charge is 2.36. The Labute approximate surface area is 195 Å². The van der Waals surface area contributed by atoms with E-state index in [9.17, 15) is 14.4 Å². The molecule has 2 aliphatic heterocycles. The van der Waals surface area contributed by atoms with Crippen molar-refractivity contribution in [2.45, 2.75) is 19.4 Å². The van der Waals surface area contributed by atoms with Crippen LogP contribution in [0.5, 0.6) is 17.2 Å². The Balaban J connectivity index is 1.14. The molecule has 0 aliphatic carbocycles. The van der Waals surface area contributed by atoms with E-state index >= 15 is 0 Å². The minimum absolute atomic E-state index is 0.0410. The lowest BCUT2D eigenvalue weighted by atomic mass is 10.1. The maximum absolute atomic E-state index is 12.6. The maximum Gasteiger partial charge on any atom is 0.279 e. The van der Waals surface area contributed by atoms with Gasteiger partial charge in [0, 0.05) is 24.7 Å². The van der Waals surface area contributed by atoms with Crippen molar-refractivity contribution in [3.05, 3.63) is 60.7 Å². The molecule has 0 bridgehead atoms. The van der Waals surface area contributed by atoms with Crippen LogP contribution < -0.4 is 30.0 Å². The van der Waals surface area contributed by atoms with E-state index in [-0.39, 0.29) is 25.7 Å². The van der Waals surface area contributed by atoms with E-state index in [2.05, 4.69) is 10.9 Å². The van der Waals surface area contributed by atoms with Crippen LogP contribution in [0.4, 0.5) is 5.69 Å². The van der Waals surface area contributed by atoms with Gasteiger partial charge in [-0.1, -0.05) is 30.3 Å². The highest BCUT2D eigenvalue weighted by molar-refractivity contribution is 6.00. The zero-order valence-electron chi connectivity index (χ0n) is 18.4. The van der Waals surface area contributed by atoms with Crippen LogP contribution in [0.3, 0.4) is 0 Å². The molecular weight excluding hydrogens is 438 g/mol. The number of anilines is 1. The lowest BCUT2D eigenvalue weighted by Gasteiger charge is -2.18. The zero-order chi connectivity index (χ0) is 23.7. The summed E-state index contributed by atoms with van der Waals surface area (Å²) in [5, 5.41) is 2.07. The number of ether oxygens (including phenoxy) is 3. The van der Waals surface area contributed by atoms with Crippen molar-refractivity contribution in [1.82, 2.24) is 10.9 Å². The predicted molar refractivity (Wildman–Crippen MR) is 123 cm³/mol. The molecule has 0 radical (unpaired) electrons. The Hall–Kier alpha value is -4.27. The molecule has 1 fully saturated rings. The number of nitrogens with zero attached hydrogens (tertiary/aromatic N) is 1. The minimum Gasteiger partial charge on any atom is -0.481 e. The summed E-state index contributed by atoms with van der Waals surface area (Å²) in [6, 6.07) is 18.6. The van der Waals surface area contributed by atoms with Gasteiger partial charge in [0.2, 0.25) is 18.6 Å². The number of hydrazine groups is 1. The third-order valence-electron chi connectivity index (χ3n) is 5.88. The van der Waals surface area contributed by atoms with Crippen LogP contribution in [0.2, 0.25) is 0 Å². The number of hydrogen-bond acceptors (Lipinski definition) is 6. The Morgan fingerprint density at radius 1 is 1.00 bits per heavy atom. The summed E-state index contributed by atoms with van der Waals surface area (Å²) in [6.07, 6.45) is -0.795. The Morgan fingerprint density at radius 3 is 2.65 bits per heavy atom. The first-order chi connectivity index (χ1) is 16.5. The van der Waals surface area contributed by atoms with E-state index in [4.69, 9.17) is 14.2 Å². The van der Waals surface area contributed by atoms with Gasteiger partial charge in [0.1, 0.15) is 5.75 Å². The van der Waals surface area contributed by atoms with Gasteiger partial charge in [0.25, 0.3) is 5.91 Å². The summed E-state index contributed by atoms with van der Waals surface area (Å²) in [4.78, 5) is 39.1. The number of amides is 3. The molecule has 0 spiro atoms. The molecule has 5 rings (SSSR count). The molecule has 34 heavy (non-hydrogen) atoms. The summed E-state index contributed by atoms with van der Waals surface area (Å²) in [7, 11) is 0. The van der Waals surface area contributed by atoms with Gasteiger partial charge in [-0.3, -0.25) is 25.2 Å². The molecule has 3 amide bonds. The molecule has 1 saturated heterocycles. The average molecular weight is 461 g/mol. The van der Waals surface area contributed by atoms with Crippen molar-refractivity contribution in [2.24, 2.45) is 5.92 Å². The van der Waals surface area contributed by atoms with Crippen LogP contribution >= 0.6 is 0 Å². The van der Waals surface area contributed by atoms with Crippen LogP contribution in [-0.4, -0.2) is 37.2 Å². The fraction of sp³-hybridized carbons (Fsp3) is 0.240. The molecule has 2 atom stereocenters. The highest BCUT2D eigenvalue weighted by atomic mass is 16.7. The largest absolute Gasteiger partial charge is 0.481 e. The third kappa shape index (κ3) is 4.32. The Morgan fingerprint density at radius 2 is 1.79 bits per heavy atom. The highest BCUT2D eigenvalue weighted by Crippen LogP contribution is 2.37. The van der Waals surface area contributed by atoms with Gasteiger partial charge in [-0.05, 0) is 42.0 Å². The third-order valence-corrected chi connectivity index (χ3v) is 5.88. The van der Waals surface area contributed by atoms with E-state index in [1.807, 2.05) is 36.4 Å². The second-order valence-corrected chi connectivity index (χ2v) is 8.19. The number of carbonyl (C=O) groups is 3. The van der Waals surface area contributed by atoms with Crippen molar-refractivity contribution in [2.75, 3.05) is 18.2 Å². The molecule has 2 heterocycles. The molecule has 9 heteroatoms. The zero-order valence-corrected chi connectivity index (χ0v) is 18.4. The first-order valence-electron chi connectivity index (χ1n) is 10.9. The molecule has 3 aromatic rings. The van der Waals surface area contributed by atoms with Crippen LogP contribution in [0, 0.1) is 5.92 Å². The fourth-order valence-corrected chi connectivity index (χ4v) is 4.01. The maximum atomic E-state index is 12.6. The SMILES string of the molecule is C[C@@H](Oc1ccc2ccccc2c1)C(=O)NNC(=O)[C@@H]1CC(=O)N(c2ccc3c(c2)OCO3)C1. The van der Waals surface area contributed by atoms with E-state index in [0.29, 0.717) is 22.9 Å². The van der Waals surface area contributed by atoms with Crippen molar-refractivity contribution < 1.29 is 28.6 Å². The first kappa shape index (κ1) is 21.6. The van der Waals surface area contributed by atoms with E-state index < -0.39 is 23.8 Å². The molecule has 0 unspecified atom stereocenters. The second-order valence-electron chi connectivity index (χ2n) is 8.19. The summed E-state index contributed by atoms with van der Waals surface area (Å²) < 4.78 is 16.4. The molecule has 9 nitrogen and oxygen atoms in total. The number of nitrogens with one attached hydrogen (secondary N) is 2. The summed E-state index contributed by atoms with van der Waals surface area (Å²) in [5.41, 5.74) is 5.43. The lowest BCUT2D eigenvalue weighted by molar-refractivity contribution is -0.134. The Kier molecular flexibility index (Phi) is 5.67. The van der Waals surface area contributed by atoms with E-state index in [0.717, 1.165) is 10.8 Å². The van der Waals surface area contributed by atoms with Crippen molar-refractivity contribution in [1.29, 1.82) is 0 Å². The molecule has 0 aromatic heterocycles. The number of carbonyl (C=O) groups excluding carboxylic acids is 3. The van der Waals surface area contributed by atoms with Gasteiger partial charge < -0.3 is 19.1 Å². The molecule has 2 aliphatic rings. The molecule has 3 aromatic carbocycles. The normalized spacial score (nSPS) is 17.5. The van der Waals surface area contributed by atoms with Crippen molar-refractivity contribution >= 4 is 34.2 Å². The number of rotatable bonds is 5. The Bertz CT molecular complexity index is 1280. The van der Waals surface area contributed by atoms with Crippen LogP contribution in [-0.2, 0) is 14.4 Å². The molecular formula is C25H23N3O6. The van der Waals surface area contributed by atoms with Crippen LogP contribution in [0.1, 0.15) is 13.3 Å². The van der Waals surface area contributed by atoms with E-state index in [1.54, 1.807) is 31.2 Å². The van der Waals surface area contributed by atoms with Gasteiger partial charge in [-0.25, -0.2) is 0 Å². The molecule has 2 N–H and O–H groups in total. The minimum atomic E-state index is -0.836. The second kappa shape index (κ2) is 8.93. The van der Waals surface area contributed by atoms with Crippen molar-refractivity contribution in [3.8, 4) is 17.2 Å². The number of benzene rings is 3. The fourth-order valence-electron chi connectivity index (χ4n) is 4.01. The quantitative estimate of drug-likeness (QED) is 0.566. The van der Waals surface area contributed by atoms with Crippen LogP contribution in [0.25, 0.3) is 10.8 Å². The average Bonchev–Trinajstić information content (AvgIpc) is 3.48. The van der Waals surface area contributed by atoms with Gasteiger partial charge >= 0.3 is 0 Å². The summed E-state index contributed by atoms with van der Waals surface area (Å²) in [5.74, 6) is 0.00122. The number of fused-ring (bicyclic) bond motifs is 2. The molecule has 174 valence electrons. The molecule has 0 saturated carbocycles. The number of hydrogen-bond donors (Lipinski definition) is 2. The summed E-state index contributed by atoms with van der Waals surface area (Å²) in [6.45, 7) is 1.93. The summed E-state index contributed by atoms with van der Waals surface area (Å²) >= 11 is 0. The standard InChI is InChI=1S/C25H23N3O6/c1-15(34-20-8-6-16-4-2-3-5-17(16)10-20)24(30)26-27-25(31)18-11-23(29)28(13-18)19-7-9-21-22(12-19)33-14-32-21/h2-10,12,15,18H,11,13-14H2,1H3,(H,26,30)(H,27,31)/t15-,18-/m1/s1. The predicted octanol–water partition coefficient (Wildman–Crippen LogP) is 2.54. The van der Waals surface area contributed by atoms with Crippen LogP contribution in [0.15, 0.2) is 60.7 Å². The lowest BCUT2D eigenvalue weighted by Crippen LogP contribution is -2.49. The van der Waals surface area contributed by atoms with Gasteiger partial charge in [-0.15, -0.1) is 0 Å². The smallest absolute Gasteiger partial charge is 0.279 e. The van der Waals surface area contributed by atoms with Gasteiger partial charge in [0.05, 0.1) is 5.92 Å². The van der Waals surface area contributed by atoms with Gasteiger partial charge in [-0.2, -0.15) is 0 Å². The van der Waals surface area contributed by atoms with E-state index in [1.165, 1.54) is 4.90 Å².